The molecule has 0 saturated heterocycles. The number of rotatable bonds is 11. The maximum absolute atomic E-state index is 14.1. The van der Waals surface area contributed by atoms with Crippen molar-refractivity contribution in [2.45, 2.75) is 52.9 Å². The molecule has 0 amide bonds. The van der Waals surface area contributed by atoms with E-state index < -0.39 is 5.76 Å². The van der Waals surface area contributed by atoms with Gasteiger partial charge in [0.2, 0.25) is 0 Å². The predicted molar refractivity (Wildman–Crippen MR) is 169 cm³/mol. The van der Waals surface area contributed by atoms with Gasteiger partial charge in [0.15, 0.2) is 5.82 Å². The molecule has 5 aromatic rings. The summed E-state index contributed by atoms with van der Waals surface area (Å²) in [5.74, 6) is 1.23. The van der Waals surface area contributed by atoms with Crippen molar-refractivity contribution in [2.75, 3.05) is 7.11 Å². The number of ether oxygens (including phenoxy) is 2. The Morgan fingerprint density at radius 1 is 0.930 bits per heavy atom. The zero-order chi connectivity index (χ0) is 29.6. The van der Waals surface area contributed by atoms with Gasteiger partial charge in [0.25, 0.3) is 5.56 Å². The Hall–Kier alpha value is -3.12. The van der Waals surface area contributed by atoms with Crippen molar-refractivity contribution in [2.24, 2.45) is 0 Å². The second-order valence-electron chi connectivity index (χ2n) is 10.3. The number of nitrogens with zero attached hydrogens (tertiary/aromatic N) is 3. The normalized spacial score (nSPS) is 11.0. The van der Waals surface area contributed by atoms with Crippen LogP contribution in [-0.2, 0) is 24.3 Å². The fourth-order valence-corrected chi connectivity index (χ4v) is 4.99. The molecule has 10 heteroatoms. The number of nitrogens with one attached hydrogen (secondary N) is 1. The summed E-state index contributed by atoms with van der Waals surface area (Å²) >= 11 is 0. The molecule has 9 nitrogen and oxygen atoms in total. The second kappa shape index (κ2) is 15.0. The third-order valence-electron chi connectivity index (χ3n) is 6.82. The number of H-pyrrole nitrogens is 1. The summed E-state index contributed by atoms with van der Waals surface area (Å²) in [4.78, 5) is 33.2. The zero-order valence-electron chi connectivity index (χ0n) is 24.2. The molecule has 0 aliphatic rings. The maximum atomic E-state index is 14.1. The van der Waals surface area contributed by atoms with Gasteiger partial charge in [0, 0.05) is 19.1 Å². The van der Waals surface area contributed by atoms with E-state index in [4.69, 9.17) is 19.0 Å². The van der Waals surface area contributed by atoms with Gasteiger partial charge >= 0.3 is 57.1 Å². The van der Waals surface area contributed by atoms with Crippen LogP contribution in [0.1, 0.15) is 44.3 Å². The molecule has 2 heterocycles. The zero-order valence-corrected chi connectivity index (χ0v) is 24.2. The molecule has 1 N–H and O–H groups in total. The SMILES string of the molecule is CCCc1nc(COC)c(-c2ccc(OC(C)C)cc2)c(=O)n1Cc1ccc(-c2ccccc2-c2noc(=O)[nH]2)cc1.[KH]. The van der Waals surface area contributed by atoms with Crippen LogP contribution < -0.4 is 16.1 Å². The third-order valence-corrected chi connectivity index (χ3v) is 6.82. The van der Waals surface area contributed by atoms with Crippen LogP contribution in [0.3, 0.4) is 0 Å². The van der Waals surface area contributed by atoms with E-state index >= 15 is 0 Å². The molecule has 0 aliphatic heterocycles. The Morgan fingerprint density at radius 3 is 2.21 bits per heavy atom. The monoisotopic (exact) mass is 606 g/mol. The molecular weight excluding hydrogens is 571 g/mol. The summed E-state index contributed by atoms with van der Waals surface area (Å²) in [6.07, 6.45) is 1.56. The molecule has 43 heavy (non-hydrogen) atoms. The van der Waals surface area contributed by atoms with Crippen LogP contribution in [0.5, 0.6) is 5.75 Å². The van der Waals surface area contributed by atoms with E-state index in [0.717, 1.165) is 45.8 Å². The molecule has 5 rings (SSSR count). The van der Waals surface area contributed by atoms with Crippen LogP contribution in [0.25, 0.3) is 33.6 Å². The van der Waals surface area contributed by atoms with Crippen LogP contribution in [-0.4, -0.2) is 84.3 Å². The first-order valence-corrected chi connectivity index (χ1v) is 14.0. The number of aryl methyl sites for hydroxylation is 1. The number of aromatic amines is 1. The number of hydrogen-bond acceptors (Lipinski definition) is 7. The number of methoxy groups -OCH3 is 1. The summed E-state index contributed by atoms with van der Waals surface area (Å²) < 4.78 is 17.7. The van der Waals surface area contributed by atoms with E-state index in [1.165, 1.54) is 0 Å². The van der Waals surface area contributed by atoms with Crippen molar-refractivity contribution >= 4 is 51.4 Å². The van der Waals surface area contributed by atoms with Gasteiger partial charge in [-0.2, -0.15) is 0 Å². The molecular formula is C33H35KN4O5. The Bertz CT molecular complexity index is 1770. The number of aromatic nitrogens is 4. The van der Waals surface area contributed by atoms with Crippen molar-refractivity contribution < 1.29 is 14.0 Å². The average Bonchev–Trinajstić information content (AvgIpc) is 3.42. The van der Waals surface area contributed by atoms with Crippen LogP contribution >= 0.6 is 0 Å². The molecule has 0 aliphatic carbocycles. The van der Waals surface area contributed by atoms with E-state index in [1.807, 2.05) is 86.6 Å². The molecule has 0 atom stereocenters. The molecule has 2 aromatic heterocycles. The molecule has 0 fully saturated rings. The van der Waals surface area contributed by atoms with E-state index in [1.54, 1.807) is 11.7 Å². The van der Waals surface area contributed by atoms with E-state index in [-0.39, 0.29) is 69.7 Å². The van der Waals surface area contributed by atoms with Gasteiger partial charge in [-0.15, -0.1) is 0 Å². The van der Waals surface area contributed by atoms with Gasteiger partial charge in [-0.1, -0.05) is 72.7 Å². The minimum atomic E-state index is -0.604. The standard InChI is InChI=1S/C33H34N4O5.K.H/c1-5-8-29-34-28(20-40-4)30(24-15-17-25(18-16-24)41-21(2)3)32(38)37(29)19-22-11-13-23(14-12-22)26-9-6-7-10-27(26)31-35-33(39)42-36-31;;/h6-7,9-18,21H,5,8,19-20H2,1-4H3,(H,35,36,39);;. The first-order chi connectivity index (χ1) is 20.4. The molecule has 0 unspecified atom stereocenters. The predicted octanol–water partition coefficient (Wildman–Crippen LogP) is 5.21. The van der Waals surface area contributed by atoms with Gasteiger partial charge in [-0.05, 0) is 54.7 Å². The van der Waals surface area contributed by atoms with E-state index in [0.29, 0.717) is 30.0 Å². The van der Waals surface area contributed by atoms with Crippen molar-refractivity contribution in [1.29, 1.82) is 0 Å². The second-order valence-corrected chi connectivity index (χ2v) is 10.3. The van der Waals surface area contributed by atoms with Gasteiger partial charge in [0.1, 0.15) is 11.6 Å². The van der Waals surface area contributed by atoms with Gasteiger partial charge in [-0.25, -0.2) is 9.78 Å². The molecule has 0 bridgehead atoms. The van der Waals surface area contributed by atoms with Crippen molar-refractivity contribution in [3.05, 3.63) is 111 Å². The summed E-state index contributed by atoms with van der Waals surface area (Å²) in [6.45, 7) is 6.63. The Kier molecular flexibility index (Phi) is 11.5. The van der Waals surface area contributed by atoms with E-state index in [9.17, 15) is 9.59 Å². The van der Waals surface area contributed by atoms with Crippen molar-refractivity contribution in [3.8, 4) is 39.4 Å². The summed E-state index contributed by atoms with van der Waals surface area (Å²) in [5, 5.41) is 3.85. The summed E-state index contributed by atoms with van der Waals surface area (Å²) in [7, 11) is 1.61. The molecule has 218 valence electrons. The quantitative estimate of drug-likeness (QED) is 0.206. The van der Waals surface area contributed by atoms with Crippen LogP contribution in [0.4, 0.5) is 0 Å². The first-order valence-electron chi connectivity index (χ1n) is 14.0. The van der Waals surface area contributed by atoms with E-state index in [2.05, 4.69) is 17.1 Å². The fourth-order valence-electron chi connectivity index (χ4n) is 4.99. The topological polar surface area (TPSA) is 112 Å². The molecule has 0 radical (unpaired) electrons. The van der Waals surface area contributed by atoms with Crippen LogP contribution in [0.15, 0.2) is 86.9 Å². The average molecular weight is 607 g/mol. The fraction of sp³-hybridized carbons (Fsp3) is 0.273. The molecule has 3 aromatic carbocycles. The van der Waals surface area contributed by atoms with Crippen LogP contribution in [0.2, 0.25) is 0 Å². The molecule has 0 spiro atoms. The number of hydrogen-bond donors (Lipinski definition) is 1. The van der Waals surface area contributed by atoms with Crippen molar-refractivity contribution in [1.82, 2.24) is 19.7 Å². The first kappa shape index (κ1) is 32.8. The van der Waals surface area contributed by atoms with Gasteiger partial charge in [-0.3, -0.25) is 18.9 Å². The van der Waals surface area contributed by atoms with Crippen LogP contribution in [0, 0.1) is 0 Å². The summed E-state index contributed by atoms with van der Waals surface area (Å²) in [6, 6.07) is 23.2. The summed E-state index contributed by atoms with van der Waals surface area (Å²) in [5.41, 5.74) is 5.36. The van der Waals surface area contributed by atoms with Crippen molar-refractivity contribution in [3.63, 3.8) is 0 Å². The van der Waals surface area contributed by atoms with Gasteiger partial charge in [0.05, 0.1) is 30.5 Å². The number of benzene rings is 3. The van der Waals surface area contributed by atoms with Gasteiger partial charge < -0.3 is 9.47 Å². The Labute approximate surface area is 292 Å². The Balaban J connectivity index is 0.00000423. The third kappa shape index (κ3) is 7.70. The Morgan fingerprint density at radius 2 is 1.60 bits per heavy atom. The minimum absolute atomic E-state index is 0. The molecule has 0 saturated carbocycles.